The molecule has 0 heterocycles. The summed E-state index contributed by atoms with van der Waals surface area (Å²) in [5.74, 6) is -0.590. The van der Waals surface area contributed by atoms with Crippen molar-refractivity contribution in [2.45, 2.75) is 13.8 Å². The highest BCUT2D eigenvalue weighted by molar-refractivity contribution is 6.16. The van der Waals surface area contributed by atoms with Gasteiger partial charge in [-0.1, -0.05) is 35.4 Å². The number of nitrogens with one attached hydrogen (secondary N) is 4. The quantitative estimate of drug-likeness (QED) is 0.394. The van der Waals surface area contributed by atoms with Gasteiger partial charge in [0.1, 0.15) is 0 Å². The van der Waals surface area contributed by atoms with E-state index in [2.05, 4.69) is 31.7 Å². The van der Waals surface area contributed by atoms with Crippen LogP contribution in [0.5, 0.6) is 0 Å². The maximum Gasteiger partial charge on any atom is 0.259 e. The summed E-state index contributed by atoms with van der Waals surface area (Å²) in [6.45, 7) is 4.18. The lowest BCUT2D eigenvalue weighted by molar-refractivity contribution is -0.120. The third kappa shape index (κ3) is 8.13. The number of aryl methyl sites for hydroxylation is 2. The first-order valence-electron chi connectivity index (χ1n) is 8.76. The Hall–Kier alpha value is -3.68. The number of nitrogens with zero attached hydrogens (tertiary/aromatic N) is 2. The standard InChI is InChI=1S/C20H24N6O2/c1-15-3-7-17(8-4-15)21-13-19(27)25-23-11-12-24-26-20(28)14-22-18-9-5-16(2)6-10-18/h3-12,21-22H,13-14H2,1-2H3,(H,25,27)(H,26,28)/b23-11+,24-12+. The van der Waals surface area contributed by atoms with E-state index in [1.54, 1.807) is 0 Å². The summed E-state index contributed by atoms with van der Waals surface area (Å²) in [5, 5.41) is 13.4. The van der Waals surface area contributed by atoms with Crippen LogP contribution in [0.15, 0.2) is 58.7 Å². The molecular formula is C20H24N6O2. The van der Waals surface area contributed by atoms with Gasteiger partial charge >= 0.3 is 0 Å². The predicted octanol–water partition coefficient (Wildman–Crippen LogP) is 2.03. The highest BCUT2D eigenvalue weighted by Gasteiger charge is 2.00. The number of hydrogen-bond donors (Lipinski definition) is 4. The van der Waals surface area contributed by atoms with Crippen molar-refractivity contribution in [3.63, 3.8) is 0 Å². The average molecular weight is 380 g/mol. The largest absolute Gasteiger partial charge is 0.376 e. The van der Waals surface area contributed by atoms with E-state index in [4.69, 9.17) is 0 Å². The molecule has 4 N–H and O–H groups in total. The number of benzene rings is 2. The second-order valence-electron chi connectivity index (χ2n) is 6.07. The second-order valence-corrected chi connectivity index (χ2v) is 6.07. The highest BCUT2D eigenvalue weighted by atomic mass is 16.2. The van der Waals surface area contributed by atoms with Crippen LogP contribution >= 0.6 is 0 Å². The minimum absolute atomic E-state index is 0.0962. The van der Waals surface area contributed by atoms with E-state index in [0.29, 0.717) is 0 Å². The van der Waals surface area contributed by atoms with Gasteiger partial charge in [-0.15, -0.1) is 0 Å². The average Bonchev–Trinajstić information content (AvgIpc) is 2.69. The number of carbonyl (C=O) groups is 2. The molecule has 0 spiro atoms. The minimum Gasteiger partial charge on any atom is -0.376 e. The molecule has 2 aromatic carbocycles. The molecule has 2 rings (SSSR count). The van der Waals surface area contributed by atoms with Gasteiger partial charge in [0.05, 0.1) is 25.5 Å². The van der Waals surface area contributed by atoms with Crippen molar-refractivity contribution in [2.75, 3.05) is 23.7 Å². The Morgan fingerprint density at radius 1 is 0.714 bits per heavy atom. The van der Waals surface area contributed by atoms with Gasteiger partial charge < -0.3 is 10.6 Å². The Kier molecular flexibility index (Phi) is 8.19. The molecule has 28 heavy (non-hydrogen) atoms. The zero-order valence-corrected chi connectivity index (χ0v) is 15.9. The molecule has 8 nitrogen and oxygen atoms in total. The third-order valence-corrected chi connectivity index (χ3v) is 3.60. The van der Waals surface area contributed by atoms with Crippen molar-refractivity contribution in [1.29, 1.82) is 0 Å². The van der Waals surface area contributed by atoms with E-state index in [0.717, 1.165) is 22.5 Å². The van der Waals surface area contributed by atoms with E-state index < -0.39 is 0 Å². The lowest BCUT2D eigenvalue weighted by Gasteiger charge is -2.05. The third-order valence-electron chi connectivity index (χ3n) is 3.60. The van der Waals surface area contributed by atoms with Gasteiger partial charge in [0.2, 0.25) is 0 Å². The summed E-state index contributed by atoms with van der Waals surface area (Å²) in [5.41, 5.74) is 8.72. The normalized spacial score (nSPS) is 10.8. The zero-order valence-electron chi connectivity index (χ0n) is 15.9. The summed E-state index contributed by atoms with van der Waals surface area (Å²) in [6, 6.07) is 15.4. The maximum atomic E-state index is 11.7. The molecule has 2 amide bonds. The monoisotopic (exact) mass is 380 g/mol. The first-order chi connectivity index (χ1) is 13.5. The van der Waals surface area contributed by atoms with E-state index in [9.17, 15) is 9.59 Å². The number of hydrogen-bond acceptors (Lipinski definition) is 6. The summed E-state index contributed by atoms with van der Waals surface area (Å²) >= 11 is 0. The van der Waals surface area contributed by atoms with E-state index in [1.165, 1.54) is 12.4 Å². The van der Waals surface area contributed by atoms with Crippen molar-refractivity contribution in [3.05, 3.63) is 59.7 Å². The van der Waals surface area contributed by atoms with Crippen molar-refractivity contribution < 1.29 is 9.59 Å². The molecule has 0 saturated carbocycles. The number of hydrazone groups is 2. The van der Waals surface area contributed by atoms with Gasteiger partial charge in [-0.25, -0.2) is 10.9 Å². The molecule has 0 radical (unpaired) electrons. The van der Waals surface area contributed by atoms with E-state index >= 15 is 0 Å². The van der Waals surface area contributed by atoms with Gasteiger partial charge in [-0.2, -0.15) is 10.2 Å². The molecule has 2 aromatic rings. The molecule has 8 heteroatoms. The molecule has 0 fully saturated rings. The zero-order chi connectivity index (χ0) is 20.2. The van der Waals surface area contributed by atoms with Crippen LogP contribution in [-0.2, 0) is 9.59 Å². The van der Waals surface area contributed by atoms with Crippen LogP contribution in [-0.4, -0.2) is 37.3 Å². The fourth-order valence-corrected chi connectivity index (χ4v) is 2.07. The van der Waals surface area contributed by atoms with Crippen LogP contribution in [0, 0.1) is 13.8 Å². The molecule has 0 aliphatic carbocycles. The van der Waals surface area contributed by atoms with Crippen LogP contribution < -0.4 is 21.5 Å². The molecule has 0 unspecified atom stereocenters. The summed E-state index contributed by atoms with van der Waals surface area (Å²) < 4.78 is 0. The lowest BCUT2D eigenvalue weighted by Crippen LogP contribution is -2.26. The van der Waals surface area contributed by atoms with Gasteiger partial charge in [-0.3, -0.25) is 9.59 Å². The molecule has 0 aliphatic heterocycles. The maximum absolute atomic E-state index is 11.7. The second kappa shape index (κ2) is 11.1. The van der Waals surface area contributed by atoms with Crippen molar-refractivity contribution in [3.8, 4) is 0 Å². The van der Waals surface area contributed by atoms with Crippen molar-refractivity contribution >= 4 is 35.6 Å². The highest BCUT2D eigenvalue weighted by Crippen LogP contribution is 2.08. The SMILES string of the molecule is Cc1ccc(NCC(=O)N/N=C/C=N/NC(=O)CNc2ccc(C)cc2)cc1. The van der Waals surface area contributed by atoms with Crippen molar-refractivity contribution in [2.24, 2.45) is 10.2 Å². The van der Waals surface area contributed by atoms with Crippen LogP contribution in [0.4, 0.5) is 11.4 Å². The number of carbonyl (C=O) groups excluding carboxylic acids is 2. The fraction of sp³-hybridized carbons (Fsp3) is 0.200. The summed E-state index contributed by atoms with van der Waals surface area (Å²) in [6.07, 6.45) is 2.55. The van der Waals surface area contributed by atoms with Crippen LogP contribution in [0.3, 0.4) is 0 Å². The van der Waals surface area contributed by atoms with E-state index in [1.807, 2.05) is 62.4 Å². The Labute approximate surface area is 164 Å². The number of anilines is 2. The lowest BCUT2D eigenvalue weighted by atomic mass is 10.2. The fourth-order valence-electron chi connectivity index (χ4n) is 2.07. The summed E-state index contributed by atoms with van der Waals surface area (Å²) in [7, 11) is 0. The molecule has 0 aromatic heterocycles. The van der Waals surface area contributed by atoms with Gasteiger partial charge in [0, 0.05) is 11.4 Å². The van der Waals surface area contributed by atoms with Crippen LogP contribution in [0.2, 0.25) is 0 Å². The Morgan fingerprint density at radius 3 is 1.43 bits per heavy atom. The first-order valence-corrected chi connectivity index (χ1v) is 8.76. The van der Waals surface area contributed by atoms with Gasteiger partial charge in [0.25, 0.3) is 11.8 Å². The minimum atomic E-state index is -0.295. The molecule has 0 bridgehead atoms. The van der Waals surface area contributed by atoms with Gasteiger partial charge in [-0.05, 0) is 38.1 Å². The van der Waals surface area contributed by atoms with Crippen LogP contribution in [0.25, 0.3) is 0 Å². The van der Waals surface area contributed by atoms with Crippen LogP contribution in [0.1, 0.15) is 11.1 Å². The Morgan fingerprint density at radius 2 is 1.07 bits per heavy atom. The Balaban J connectivity index is 1.59. The van der Waals surface area contributed by atoms with Crippen molar-refractivity contribution in [1.82, 2.24) is 10.9 Å². The smallest absolute Gasteiger partial charge is 0.259 e. The molecule has 146 valence electrons. The molecule has 0 saturated heterocycles. The first kappa shape index (κ1) is 20.6. The summed E-state index contributed by atoms with van der Waals surface area (Å²) in [4.78, 5) is 23.3. The van der Waals surface area contributed by atoms with E-state index in [-0.39, 0.29) is 24.9 Å². The number of amides is 2. The molecule has 0 atom stereocenters. The molecular weight excluding hydrogens is 356 g/mol. The predicted molar refractivity (Wildman–Crippen MR) is 113 cm³/mol. The van der Waals surface area contributed by atoms with Gasteiger partial charge in [0.15, 0.2) is 0 Å². The molecule has 0 aliphatic rings. The topological polar surface area (TPSA) is 107 Å². The Bertz CT molecular complexity index is 757. The number of rotatable bonds is 9.